The monoisotopic (exact) mass is 286 g/mol. The Bertz CT molecular complexity index is 259. The molecule has 0 aromatic rings. The number of ether oxygens (including phenoxy) is 3. The Hall–Kier alpha value is -0.160. The van der Waals surface area contributed by atoms with Crippen molar-refractivity contribution in [3.05, 3.63) is 0 Å². The summed E-state index contributed by atoms with van der Waals surface area (Å²) in [6.07, 6.45) is 9.80. The highest BCUT2D eigenvalue weighted by molar-refractivity contribution is 4.94. The standard InChI is InChI=1S/C16H30O4/c1-2-3-4-5-6-7-8-9-10-18-14-12-20-15-13(17)11-19-16(14)15/h13-17H,2-12H2,1H3/t13-,14-,15-,16-/m1/s1. The third kappa shape index (κ3) is 4.69. The highest BCUT2D eigenvalue weighted by atomic mass is 16.6. The predicted octanol–water partition coefficient (Wildman–Crippen LogP) is 2.67. The molecule has 0 spiro atoms. The summed E-state index contributed by atoms with van der Waals surface area (Å²) in [7, 11) is 0. The number of aliphatic hydroxyl groups is 1. The topological polar surface area (TPSA) is 47.9 Å². The number of hydrogen-bond acceptors (Lipinski definition) is 4. The smallest absolute Gasteiger partial charge is 0.115 e. The highest BCUT2D eigenvalue weighted by Crippen LogP contribution is 2.28. The van der Waals surface area contributed by atoms with E-state index in [9.17, 15) is 5.11 Å². The molecule has 2 aliphatic heterocycles. The molecule has 2 rings (SSSR count). The Balaban J connectivity index is 1.44. The van der Waals surface area contributed by atoms with Crippen LogP contribution >= 0.6 is 0 Å². The quantitative estimate of drug-likeness (QED) is 0.627. The summed E-state index contributed by atoms with van der Waals surface area (Å²) in [5.41, 5.74) is 0. The maximum atomic E-state index is 9.64. The van der Waals surface area contributed by atoms with Crippen molar-refractivity contribution in [3.63, 3.8) is 0 Å². The zero-order valence-corrected chi connectivity index (χ0v) is 12.8. The first kappa shape index (κ1) is 16.2. The van der Waals surface area contributed by atoms with Crippen molar-refractivity contribution < 1.29 is 19.3 Å². The van der Waals surface area contributed by atoms with Crippen molar-refractivity contribution in [1.82, 2.24) is 0 Å². The number of rotatable bonds is 10. The Morgan fingerprint density at radius 1 is 0.900 bits per heavy atom. The molecule has 1 N–H and O–H groups in total. The molecule has 4 heteroatoms. The van der Waals surface area contributed by atoms with Crippen LogP contribution in [0.2, 0.25) is 0 Å². The van der Waals surface area contributed by atoms with Crippen molar-refractivity contribution >= 4 is 0 Å². The molecular weight excluding hydrogens is 256 g/mol. The fourth-order valence-corrected chi connectivity index (χ4v) is 3.06. The van der Waals surface area contributed by atoms with Gasteiger partial charge in [0, 0.05) is 6.61 Å². The van der Waals surface area contributed by atoms with Crippen LogP contribution in [-0.4, -0.2) is 49.3 Å². The largest absolute Gasteiger partial charge is 0.388 e. The van der Waals surface area contributed by atoms with E-state index in [1.54, 1.807) is 0 Å². The van der Waals surface area contributed by atoms with Gasteiger partial charge in [-0.2, -0.15) is 0 Å². The number of aliphatic hydroxyl groups excluding tert-OH is 1. The molecule has 0 aromatic heterocycles. The lowest BCUT2D eigenvalue weighted by molar-refractivity contribution is -0.0378. The predicted molar refractivity (Wildman–Crippen MR) is 77.8 cm³/mol. The molecule has 2 aliphatic rings. The van der Waals surface area contributed by atoms with Crippen LogP contribution in [0.3, 0.4) is 0 Å². The van der Waals surface area contributed by atoms with Crippen LogP contribution in [0.1, 0.15) is 58.3 Å². The van der Waals surface area contributed by atoms with Gasteiger partial charge >= 0.3 is 0 Å². The minimum Gasteiger partial charge on any atom is -0.388 e. The number of unbranched alkanes of at least 4 members (excludes halogenated alkanes) is 7. The third-order valence-corrected chi connectivity index (χ3v) is 4.31. The summed E-state index contributed by atoms with van der Waals surface area (Å²) in [5, 5.41) is 9.64. The summed E-state index contributed by atoms with van der Waals surface area (Å²) in [5.74, 6) is 0. The average Bonchev–Trinajstić information content (AvgIpc) is 3.01. The molecule has 4 atom stereocenters. The summed E-state index contributed by atoms with van der Waals surface area (Å²) in [6.45, 7) is 3.98. The molecule has 20 heavy (non-hydrogen) atoms. The van der Waals surface area contributed by atoms with Gasteiger partial charge in [0.2, 0.25) is 0 Å². The number of fused-ring (bicyclic) bond motifs is 1. The van der Waals surface area contributed by atoms with Gasteiger partial charge in [0.1, 0.15) is 24.4 Å². The van der Waals surface area contributed by atoms with E-state index in [-0.39, 0.29) is 18.3 Å². The van der Waals surface area contributed by atoms with E-state index < -0.39 is 6.10 Å². The Kier molecular flexibility index (Phi) is 7.28. The van der Waals surface area contributed by atoms with Crippen molar-refractivity contribution in [2.24, 2.45) is 0 Å². The lowest BCUT2D eigenvalue weighted by atomic mass is 10.1. The van der Waals surface area contributed by atoms with Crippen LogP contribution < -0.4 is 0 Å². The van der Waals surface area contributed by atoms with Crippen molar-refractivity contribution in [3.8, 4) is 0 Å². The maximum absolute atomic E-state index is 9.64. The van der Waals surface area contributed by atoms with E-state index in [0.29, 0.717) is 13.2 Å². The zero-order valence-electron chi connectivity index (χ0n) is 12.8. The van der Waals surface area contributed by atoms with E-state index in [4.69, 9.17) is 14.2 Å². The fraction of sp³-hybridized carbons (Fsp3) is 1.00. The molecule has 0 unspecified atom stereocenters. The molecule has 4 nitrogen and oxygen atoms in total. The second-order valence-corrected chi connectivity index (χ2v) is 6.05. The van der Waals surface area contributed by atoms with Gasteiger partial charge in [-0.15, -0.1) is 0 Å². The summed E-state index contributed by atoms with van der Waals surface area (Å²) in [4.78, 5) is 0. The van der Waals surface area contributed by atoms with Crippen LogP contribution in [-0.2, 0) is 14.2 Å². The molecule has 2 saturated heterocycles. The minimum absolute atomic E-state index is 0.0155. The van der Waals surface area contributed by atoms with Gasteiger partial charge in [0.15, 0.2) is 0 Å². The van der Waals surface area contributed by atoms with Crippen LogP contribution in [0.15, 0.2) is 0 Å². The second-order valence-electron chi connectivity index (χ2n) is 6.05. The van der Waals surface area contributed by atoms with Gasteiger partial charge in [0.25, 0.3) is 0 Å². The lowest BCUT2D eigenvalue weighted by Gasteiger charge is -2.16. The molecule has 0 amide bonds. The zero-order chi connectivity index (χ0) is 14.2. The van der Waals surface area contributed by atoms with E-state index in [1.807, 2.05) is 0 Å². The normalized spacial score (nSPS) is 32.7. The second kappa shape index (κ2) is 8.98. The van der Waals surface area contributed by atoms with Gasteiger partial charge in [-0.3, -0.25) is 0 Å². The molecule has 0 radical (unpaired) electrons. The van der Waals surface area contributed by atoms with Crippen molar-refractivity contribution in [1.29, 1.82) is 0 Å². The Labute approximate surface area is 122 Å². The molecule has 2 heterocycles. The molecule has 0 bridgehead atoms. The highest BCUT2D eigenvalue weighted by Gasteiger charge is 2.47. The maximum Gasteiger partial charge on any atom is 0.115 e. The first-order valence-corrected chi connectivity index (χ1v) is 8.35. The van der Waals surface area contributed by atoms with Gasteiger partial charge < -0.3 is 19.3 Å². The molecule has 2 fully saturated rings. The van der Waals surface area contributed by atoms with E-state index in [2.05, 4.69) is 6.92 Å². The van der Waals surface area contributed by atoms with Crippen LogP contribution in [0.4, 0.5) is 0 Å². The summed E-state index contributed by atoms with van der Waals surface area (Å²) < 4.78 is 16.9. The number of hydrogen-bond donors (Lipinski definition) is 1. The van der Waals surface area contributed by atoms with Gasteiger partial charge in [-0.1, -0.05) is 51.9 Å². The average molecular weight is 286 g/mol. The van der Waals surface area contributed by atoms with Crippen molar-refractivity contribution in [2.45, 2.75) is 82.7 Å². The molecule has 0 aromatic carbocycles. The van der Waals surface area contributed by atoms with E-state index in [1.165, 1.54) is 44.9 Å². The van der Waals surface area contributed by atoms with E-state index in [0.717, 1.165) is 13.0 Å². The third-order valence-electron chi connectivity index (χ3n) is 4.31. The first-order chi connectivity index (χ1) is 9.83. The SMILES string of the molecule is CCCCCCCCCCO[C@@H]1CO[C@H]2[C@@H]1OC[C@H]2O. The lowest BCUT2D eigenvalue weighted by Crippen LogP contribution is -2.33. The van der Waals surface area contributed by atoms with Crippen LogP contribution in [0, 0.1) is 0 Å². The van der Waals surface area contributed by atoms with Crippen LogP contribution in [0.5, 0.6) is 0 Å². The summed E-state index contributed by atoms with van der Waals surface area (Å²) in [6, 6.07) is 0. The van der Waals surface area contributed by atoms with Gasteiger partial charge in [0.05, 0.1) is 13.2 Å². The molecule has 0 saturated carbocycles. The van der Waals surface area contributed by atoms with Crippen molar-refractivity contribution in [2.75, 3.05) is 19.8 Å². The van der Waals surface area contributed by atoms with Gasteiger partial charge in [-0.25, -0.2) is 0 Å². The minimum atomic E-state index is -0.475. The molecule has 118 valence electrons. The summed E-state index contributed by atoms with van der Waals surface area (Å²) >= 11 is 0. The van der Waals surface area contributed by atoms with Crippen LogP contribution in [0.25, 0.3) is 0 Å². The first-order valence-electron chi connectivity index (χ1n) is 8.35. The van der Waals surface area contributed by atoms with Gasteiger partial charge in [-0.05, 0) is 6.42 Å². The fourth-order valence-electron chi connectivity index (χ4n) is 3.06. The Morgan fingerprint density at radius 2 is 1.55 bits per heavy atom. The molecular formula is C16H30O4. The Morgan fingerprint density at radius 3 is 2.30 bits per heavy atom. The van der Waals surface area contributed by atoms with E-state index >= 15 is 0 Å². The molecule has 0 aliphatic carbocycles.